The Morgan fingerprint density at radius 2 is 2.07 bits per heavy atom. The normalized spacial score (nSPS) is 15.0. The van der Waals surface area contributed by atoms with Crippen molar-refractivity contribution in [3.8, 4) is 0 Å². The van der Waals surface area contributed by atoms with Crippen LogP contribution < -0.4 is 5.32 Å². The predicted octanol–water partition coefficient (Wildman–Crippen LogP) is 3.27. The lowest BCUT2D eigenvalue weighted by Gasteiger charge is -2.19. The molecule has 0 fully saturated rings. The zero-order valence-corrected chi connectivity index (χ0v) is 10.1. The number of halogens is 2. The largest absolute Gasteiger partial charge is 0.317 e. The minimum Gasteiger partial charge on any atom is -0.317 e. The van der Waals surface area contributed by atoms with E-state index in [4.69, 9.17) is 11.6 Å². The Bertz CT molecular complexity index is 327. The highest BCUT2D eigenvalue weighted by atomic mass is 35.5. The summed E-state index contributed by atoms with van der Waals surface area (Å²) in [6.45, 7) is 4.28. The first-order valence-corrected chi connectivity index (χ1v) is 5.53. The van der Waals surface area contributed by atoms with Gasteiger partial charge in [0.25, 0.3) is 0 Å². The van der Waals surface area contributed by atoms with E-state index in [2.05, 4.69) is 19.2 Å². The third-order valence-corrected chi connectivity index (χ3v) is 3.22. The molecule has 0 radical (unpaired) electrons. The van der Waals surface area contributed by atoms with Crippen molar-refractivity contribution in [2.45, 2.75) is 26.3 Å². The molecule has 0 heterocycles. The van der Waals surface area contributed by atoms with Gasteiger partial charge in [-0.3, -0.25) is 0 Å². The number of rotatable bonds is 4. The van der Waals surface area contributed by atoms with E-state index >= 15 is 0 Å². The Morgan fingerprint density at radius 3 is 2.60 bits per heavy atom. The van der Waals surface area contributed by atoms with Gasteiger partial charge in [-0.25, -0.2) is 4.39 Å². The summed E-state index contributed by atoms with van der Waals surface area (Å²) < 4.78 is 12.8. The van der Waals surface area contributed by atoms with Crippen molar-refractivity contribution in [2.75, 3.05) is 7.05 Å². The van der Waals surface area contributed by atoms with Crippen molar-refractivity contribution >= 4 is 11.6 Å². The maximum Gasteiger partial charge on any atom is 0.124 e. The second-order valence-electron chi connectivity index (χ2n) is 3.99. The number of hydrogen-bond acceptors (Lipinski definition) is 1. The molecule has 1 nitrogen and oxygen atoms in total. The second kappa shape index (κ2) is 5.47. The predicted molar refractivity (Wildman–Crippen MR) is 62.8 cm³/mol. The molecule has 0 aliphatic heterocycles. The van der Waals surface area contributed by atoms with Gasteiger partial charge in [0.2, 0.25) is 0 Å². The number of benzene rings is 1. The van der Waals surface area contributed by atoms with Crippen LogP contribution in [-0.4, -0.2) is 13.1 Å². The van der Waals surface area contributed by atoms with Crippen LogP contribution in [0.3, 0.4) is 0 Å². The number of hydrogen-bond donors (Lipinski definition) is 1. The zero-order valence-electron chi connectivity index (χ0n) is 9.35. The second-order valence-corrected chi connectivity index (χ2v) is 4.40. The van der Waals surface area contributed by atoms with E-state index in [9.17, 15) is 4.39 Å². The molecule has 0 spiro atoms. The number of nitrogens with one attached hydrogen (secondary N) is 1. The van der Waals surface area contributed by atoms with Crippen molar-refractivity contribution < 1.29 is 4.39 Å². The summed E-state index contributed by atoms with van der Waals surface area (Å²) in [7, 11) is 1.94. The van der Waals surface area contributed by atoms with Gasteiger partial charge < -0.3 is 5.32 Å². The van der Waals surface area contributed by atoms with E-state index in [0.717, 1.165) is 12.0 Å². The molecule has 1 aromatic carbocycles. The summed E-state index contributed by atoms with van der Waals surface area (Å²) in [5.74, 6) is 0.191. The first kappa shape index (κ1) is 12.5. The summed E-state index contributed by atoms with van der Waals surface area (Å²) in [5.41, 5.74) is 1.01. The first-order chi connectivity index (χ1) is 7.04. The van der Waals surface area contributed by atoms with Gasteiger partial charge in [-0.15, -0.1) is 0 Å². The molecular weight excluding hydrogens is 213 g/mol. The smallest absolute Gasteiger partial charge is 0.124 e. The molecule has 0 saturated carbocycles. The minimum absolute atomic E-state index is 0.280. The molecule has 0 saturated heterocycles. The van der Waals surface area contributed by atoms with E-state index < -0.39 is 0 Å². The van der Waals surface area contributed by atoms with Crippen LogP contribution >= 0.6 is 11.6 Å². The molecule has 15 heavy (non-hydrogen) atoms. The molecule has 0 aliphatic rings. The third kappa shape index (κ3) is 3.47. The summed E-state index contributed by atoms with van der Waals surface area (Å²) in [4.78, 5) is 0. The van der Waals surface area contributed by atoms with Crippen molar-refractivity contribution in [1.29, 1.82) is 0 Å². The molecular formula is C12H17ClFN. The van der Waals surface area contributed by atoms with Crippen LogP contribution in [0.4, 0.5) is 4.39 Å². The molecule has 2 unspecified atom stereocenters. The molecule has 84 valence electrons. The van der Waals surface area contributed by atoms with E-state index in [1.54, 1.807) is 6.07 Å². The molecule has 1 aromatic rings. The molecule has 0 aliphatic carbocycles. The van der Waals surface area contributed by atoms with Crippen molar-refractivity contribution in [3.63, 3.8) is 0 Å². The van der Waals surface area contributed by atoms with Crippen molar-refractivity contribution in [1.82, 2.24) is 5.32 Å². The van der Waals surface area contributed by atoms with E-state index in [-0.39, 0.29) is 5.82 Å². The average molecular weight is 230 g/mol. The van der Waals surface area contributed by atoms with Gasteiger partial charge in [-0.2, -0.15) is 0 Å². The van der Waals surface area contributed by atoms with Crippen LogP contribution in [-0.2, 0) is 6.42 Å². The lowest BCUT2D eigenvalue weighted by Crippen LogP contribution is -2.29. The molecule has 1 N–H and O–H groups in total. The fourth-order valence-corrected chi connectivity index (χ4v) is 1.74. The quantitative estimate of drug-likeness (QED) is 0.836. The molecule has 2 atom stereocenters. The highest BCUT2D eigenvalue weighted by Gasteiger charge is 2.12. The Balaban J connectivity index is 2.72. The van der Waals surface area contributed by atoms with Crippen molar-refractivity contribution in [3.05, 3.63) is 34.6 Å². The fourth-order valence-electron chi connectivity index (χ4n) is 1.50. The maximum atomic E-state index is 12.8. The monoisotopic (exact) mass is 229 g/mol. The fraction of sp³-hybridized carbons (Fsp3) is 0.500. The van der Waals surface area contributed by atoms with Gasteiger partial charge in [0.15, 0.2) is 0 Å². The van der Waals surface area contributed by atoms with E-state index in [1.165, 1.54) is 12.1 Å². The lowest BCUT2D eigenvalue weighted by atomic mass is 9.95. The van der Waals surface area contributed by atoms with Crippen LogP contribution in [0.5, 0.6) is 0 Å². The summed E-state index contributed by atoms with van der Waals surface area (Å²) in [6.07, 6.45) is 0.862. The Labute approximate surface area is 95.6 Å². The van der Waals surface area contributed by atoms with Crippen molar-refractivity contribution in [2.24, 2.45) is 5.92 Å². The molecule has 0 bridgehead atoms. The van der Waals surface area contributed by atoms with Gasteiger partial charge in [0.05, 0.1) is 0 Å². The zero-order chi connectivity index (χ0) is 11.4. The standard InChI is InChI=1S/C12H17ClFN/c1-8(9(2)15-3)6-10-4-5-11(14)7-12(10)13/h4-5,7-9,15H,6H2,1-3H3. The third-order valence-electron chi connectivity index (χ3n) is 2.87. The van der Waals surface area contributed by atoms with Gasteiger partial charge in [0, 0.05) is 11.1 Å². The van der Waals surface area contributed by atoms with Crippen LogP contribution in [0.2, 0.25) is 5.02 Å². The van der Waals surface area contributed by atoms with Crippen LogP contribution in [0, 0.1) is 11.7 Å². The first-order valence-electron chi connectivity index (χ1n) is 5.15. The SMILES string of the molecule is CNC(C)C(C)Cc1ccc(F)cc1Cl. The Kier molecular flexibility index (Phi) is 4.55. The minimum atomic E-state index is -0.280. The summed E-state index contributed by atoms with van der Waals surface area (Å²) in [5, 5.41) is 3.72. The maximum absolute atomic E-state index is 12.8. The van der Waals surface area contributed by atoms with Crippen LogP contribution in [0.15, 0.2) is 18.2 Å². The average Bonchev–Trinajstić information content (AvgIpc) is 2.20. The van der Waals surface area contributed by atoms with Crippen LogP contribution in [0.25, 0.3) is 0 Å². The van der Waals surface area contributed by atoms with E-state index in [0.29, 0.717) is 17.0 Å². The van der Waals surface area contributed by atoms with Crippen LogP contribution in [0.1, 0.15) is 19.4 Å². The highest BCUT2D eigenvalue weighted by molar-refractivity contribution is 6.31. The van der Waals surface area contributed by atoms with E-state index in [1.807, 2.05) is 7.05 Å². The Morgan fingerprint density at radius 1 is 1.40 bits per heavy atom. The molecule has 3 heteroatoms. The summed E-state index contributed by atoms with van der Waals surface area (Å²) in [6, 6.07) is 5.01. The topological polar surface area (TPSA) is 12.0 Å². The Hall–Kier alpha value is -0.600. The van der Waals surface area contributed by atoms with Gasteiger partial charge >= 0.3 is 0 Å². The molecule has 0 amide bonds. The van der Waals surface area contributed by atoms with Gasteiger partial charge in [-0.1, -0.05) is 24.6 Å². The molecule has 0 aromatic heterocycles. The van der Waals surface area contributed by atoms with Gasteiger partial charge in [-0.05, 0) is 44.0 Å². The summed E-state index contributed by atoms with van der Waals surface area (Å²) >= 11 is 5.96. The highest BCUT2D eigenvalue weighted by Crippen LogP contribution is 2.21. The lowest BCUT2D eigenvalue weighted by molar-refractivity contribution is 0.424. The van der Waals surface area contributed by atoms with Gasteiger partial charge in [0.1, 0.15) is 5.82 Å². The molecule has 1 rings (SSSR count).